The Balaban J connectivity index is 4.60. The summed E-state index contributed by atoms with van der Waals surface area (Å²) >= 11 is 0. The van der Waals surface area contributed by atoms with E-state index in [0.29, 0.717) is 0 Å². The van der Waals surface area contributed by atoms with Crippen LogP contribution in [0.2, 0.25) is 0 Å². The van der Waals surface area contributed by atoms with Gasteiger partial charge < -0.3 is 20.5 Å². The van der Waals surface area contributed by atoms with Gasteiger partial charge in [0.1, 0.15) is 12.1 Å². The smallest absolute Gasteiger partial charge is 0.408 e. The minimum absolute atomic E-state index is 0.194. The first-order valence-electron chi connectivity index (χ1n) is 6.15. The Morgan fingerprint density at radius 2 is 1.53 bits per heavy atom. The summed E-state index contributed by atoms with van der Waals surface area (Å²) in [6.45, 7) is 8.22. The van der Waals surface area contributed by atoms with E-state index in [2.05, 4.69) is 10.6 Å². The molecule has 0 heterocycles. The molecule has 3 N–H and O–H groups in total. The Labute approximate surface area is 112 Å². The SMILES string of the molecule is CC(C)OC(=O)NC(C(=O)NC(C)C(=O)O)C(C)C. The number of carbonyl (C=O) groups excluding carboxylic acids is 2. The van der Waals surface area contributed by atoms with Crippen molar-refractivity contribution in [1.29, 1.82) is 0 Å². The molecule has 0 fully saturated rings. The van der Waals surface area contributed by atoms with Crippen molar-refractivity contribution >= 4 is 18.0 Å². The van der Waals surface area contributed by atoms with Crippen LogP contribution >= 0.6 is 0 Å². The summed E-state index contributed by atoms with van der Waals surface area (Å²) in [6, 6.07) is -1.86. The third-order valence-corrected chi connectivity index (χ3v) is 2.29. The van der Waals surface area contributed by atoms with Crippen LogP contribution in [0.4, 0.5) is 4.79 Å². The number of amides is 2. The molecule has 19 heavy (non-hydrogen) atoms. The van der Waals surface area contributed by atoms with Gasteiger partial charge in [0, 0.05) is 0 Å². The van der Waals surface area contributed by atoms with E-state index in [9.17, 15) is 14.4 Å². The van der Waals surface area contributed by atoms with Gasteiger partial charge in [-0.15, -0.1) is 0 Å². The first-order chi connectivity index (χ1) is 8.65. The second-order valence-electron chi connectivity index (χ2n) is 4.89. The van der Waals surface area contributed by atoms with Crippen LogP contribution < -0.4 is 10.6 Å². The predicted octanol–water partition coefficient (Wildman–Crippen LogP) is 0.735. The highest BCUT2D eigenvalue weighted by Gasteiger charge is 2.27. The van der Waals surface area contributed by atoms with Gasteiger partial charge in [-0.05, 0) is 26.7 Å². The lowest BCUT2D eigenvalue weighted by Gasteiger charge is -2.23. The van der Waals surface area contributed by atoms with Crippen LogP contribution in [-0.4, -0.2) is 41.3 Å². The van der Waals surface area contributed by atoms with Crippen LogP contribution in [0.15, 0.2) is 0 Å². The number of aliphatic carboxylic acids is 1. The van der Waals surface area contributed by atoms with Gasteiger partial charge in [-0.25, -0.2) is 4.79 Å². The van der Waals surface area contributed by atoms with E-state index < -0.39 is 30.1 Å². The van der Waals surface area contributed by atoms with Gasteiger partial charge in [-0.1, -0.05) is 13.8 Å². The zero-order chi connectivity index (χ0) is 15.2. The molecule has 0 aliphatic carbocycles. The van der Waals surface area contributed by atoms with Crippen molar-refractivity contribution in [3.8, 4) is 0 Å². The van der Waals surface area contributed by atoms with E-state index >= 15 is 0 Å². The molecule has 7 nitrogen and oxygen atoms in total. The van der Waals surface area contributed by atoms with Crippen LogP contribution in [0.5, 0.6) is 0 Å². The molecule has 0 radical (unpaired) electrons. The fourth-order valence-electron chi connectivity index (χ4n) is 1.27. The number of nitrogens with one attached hydrogen (secondary N) is 2. The van der Waals surface area contributed by atoms with Gasteiger partial charge in [0.2, 0.25) is 5.91 Å². The molecule has 0 saturated carbocycles. The highest BCUT2D eigenvalue weighted by Crippen LogP contribution is 2.03. The minimum atomic E-state index is -1.14. The third-order valence-electron chi connectivity index (χ3n) is 2.29. The van der Waals surface area contributed by atoms with Crippen LogP contribution in [0.3, 0.4) is 0 Å². The van der Waals surface area contributed by atoms with Crippen LogP contribution in [0.25, 0.3) is 0 Å². The van der Waals surface area contributed by atoms with E-state index in [1.165, 1.54) is 6.92 Å². The summed E-state index contributed by atoms with van der Waals surface area (Å²) in [6.07, 6.45) is -0.999. The second kappa shape index (κ2) is 7.60. The fraction of sp³-hybridized carbons (Fsp3) is 0.750. The maximum absolute atomic E-state index is 11.9. The summed E-state index contributed by atoms with van der Waals surface area (Å²) in [4.78, 5) is 34.0. The second-order valence-corrected chi connectivity index (χ2v) is 4.89. The van der Waals surface area contributed by atoms with E-state index in [0.717, 1.165) is 0 Å². The molecule has 0 aromatic carbocycles. The Hall–Kier alpha value is -1.79. The number of alkyl carbamates (subject to hydrolysis) is 1. The third kappa shape index (κ3) is 6.64. The minimum Gasteiger partial charge on any atom is -0.480 e. The summed E-state index contributed by atoms with van der Waals surface area (Å²) in [7, 11) is 0. The molecule has 0 saturated heterocycles. The van der Waals surface area contributed by atoms with Crippen LogP contribution in [-0.2, 0) is 14.3 Å². The van der Waals surface area contributed by atoms with Crippen LogP contribution in [0, 0.1) is 5.92 Å². The maximum atomic E-state index is 11.9. The van der Waals surface area contributed by atoms with Crippen molar-refractivity contribution in [3.63, 3.8) is 0 Å². The Morgan fingerprint density at radius 3 is 1.89 bits per heavy atom. The van der Waals surface area contributed by atoms with Crippen molar-refractivity contribution in [2.24, 2.45) is 5.92 Å². The molecule has 0 aliphatic rings. The maximum Gasteiger partial charge on any atom is 0.408 e. The number of carbonyl (C=O) groups is 3. The van der Waals surface area contributed by atoms with Gasteiger partial charge in [0.25, 0.3) is 0 Å². The van der Waals surface area contributed by atoms with E-state index in [1.54, 1.807) is 27.7 Å². The van der Waals surface area contributed by atoms with Crippen molar-refractivity contribution in [3.05, 3.63) is 0 Å². The van der Waals surface area contributed by atoms with Gasteiger partial charge in [-0.2, -0.15) is 0 Å². The number of rotatable bonds is 6. The highest BCUT2D eigenvalue weighted by molar-refractivity contribution is 5.89. The summed E-state index contributed by atoms with van der Waals surface area (Å²) in [5.74, 6) is -1.88. The largest absolute Gasteiger partial charge is 0.480 e. The summed E-state index contributed by atoms with van der Waals surface area (Å²) in [5, 5.41) is 13.5. The number of carboxylic acids is 1. The fourth-order valence-corrected chi connectivity index (χ4v) is 1.27. The summed E-state index contributed by atoms with van der Waals surface area (Å²) in [5.41, 5.74) is 0. The van der Waals surface area contributed by atoms with E-state index in [1.807, 2.05) is 0 Å². The molecule has 7 heteroatoms. The number of hydrogen-bond acceptors (Lipinski definition) is 4. The van der Waals surface area contributed by atoms with Crippen LogP contribution in [0.1, 0.15) is 34.6 Å². The highest BCUT2D eigenvalue weighted by atomic mass is 16.6. The Morgan fingerprint density at radius 1 is 1.00 bits per heavy atom. The number of ether oxygens (including phenoxy) is 1. The average molecular weight is 274 g/mol. The first-order valence-corrected chi connectivity index (χ1v) is 6.15. The Bertz CT molecular complexity index is 341. The molecule has 2 unspecified atom stereocenters. The van der Waals surface area contributed by atoms with E-state index in [-0.39, 0.29) is 12.0 Å². The van der Waals surface area contributed by atoms with Gasteiger partial charge in [0.05, 0.1) is 6.10 Å². The molecule has 110 valence electrons. The zero-order valence-electron chi connectivity index (χ0n) is 11.9. The zero-order valence-corrected chi connectivity index (χ0v) is 11.9. The molecule has 0 aromatic heterocycles. The molecular weight excluding hydrogens is 252 g/mol. The van der Waals surface area contributed by atoms with Gasteiger partial charge in [0.15, 0.2) is 0 Å². The molecule has 0 rings (SSSR count). The standard InChI is InChI=1S/C12H22N2O5/c1-6(2)9(14-12(18)19-7(3)4)10(15)13-8(5)11(16)17/h6-9H,1-5H3,(H,13,15)(H,14,18)(H,16,17). The normalized spacial score (nSPS) is 13.8. The quantitative estimate of drug-likeness (QED) is 0.662. The number of carboxylic acid groups (broad SMARTS) is 1. The van der Waals surface area contributed by atoms with Gasteiger partial charge in [-0.3, -0.25) is 9.59 Å². The lowest BCUT2D eigenvalue weighted by molar-refractivity contribution is -0.141. The lowest BCUT2D eigenvalue weighted by atomic mass is 10.0. The monoisotopic (exact) mass is 274 g/mol. The molecule has 0 bridgehead atoms. The van der Waals surface area contributed by atoms with E-state index in [4.69, 9.17) is 9.84 Å². The Kier molecular flexibility index (Phi) is 6.89. The molecule has 0 aromatic rings. The topological polar surface area (TPSA) is 105 Å². The predicted molar refractivity (Wildman–Crippen MR) is 68.6 cm³/mol. The van der Waals surface area contributed by atoms with Gasteiger partial charge >= 0.3 is 12.1 Å². The van der Waals surface area contributed by atoms with Crippen molar-refractivity contribution < 1.29 is 24.2 Å². The number of hydrogen-bond donors (Lipinski definition) is 3. The molecular formula is C12H22N2O5. The van der Waals surface area contributed by atoms with Crippen molar-refractivity contribution in [2.75, 3.05) is 0 Å². The molecule has 2 atom stereocenters. The van der Waals surface area contributed by atoms with Crippen molar-refractivity contribution in [1.82, 2.24) is 10.6 Å². The summed E-state index contributed by atoms with van der Waals surface area (Å²) < 4.78 is 4.89. The molecule has 2 amide bonds. The first kappa shape index (κ1) is 17.2. The average Bonchev–Trinajstić information content (AvgIpc) is 2.23. The van der Waals surface area contributed by atoms with Crippen molar-refractivity contribution in [2.45, 2.75) is 52.8 Å². The molecule has 0 spiro atoms. The molecule has 0 aliphatic heterocycles. The lowest BCUT2D eigenvalue weighted by Crippen LogP contribution is -2.53.